The van der Waals surface area contributed by atoms with Crippen molar-refractivity contribution < 1.29 is 14.4 Å². The summed E-state index contributed by atoms with van der Waals surface area (Å²) in [5.41, 5.74) is 0.731. The lowest BCUT2D eigenvalue weighted by Gasteiger charge is -2.38. The Kier molecular flexibility index (Phi) is 5.38. The first-order chi connectivity index (χ1) is 13.6. The fourth-order valence-electron chi connectivity index (χ4n) is 3.63. The van der Waals surface area contributed by atoms with Gasteiger partial charge in [-0.25, -0.2) is 0 Å². The minimum Gasteiger partial charge on any atom is -0.386 e. The molecule has 2 aliphatic heterocycles. The number of hydrogen-bond donors (Lipinski definition) is 1. The van der Waals surface area contributed by atoms with E-state index in [0.717, 1.165) is 29.8 Å². The summed E-state index contributed by atoms with van der Waals surface area (Å²) < 4.78 is 0. The summed E-state index contributed by atoms with van der Waals surface area (Å²) >= 11 is 1.59. The molecule has 7 nitrogen and oxygen atoms in total. The van der Waals surface area contributed by atoms with Gasteiger partial charge in [0.25, 0.3) is 5.91 Å². The van der Waals surface area contributed by atoms with Crippen molar-refractivity contribution in [3.05, 3.63) is 52.5 Å². The van der Waals surface area contributed by atoms with Crippen LogP contribution in [0.2, 0.25) is 0 Å². The maximum Gasteiger partial charge on any atom is 0.269 e. The number of oxime groups is 1. The molecule has 2 aromatic heterocycles. The summed E-state index contributed by atoms with van der Waals surface area (Å²) in [7, 11) is 0. The highest BCUT2D eigenvalue weighted by molar-refractivity contribution is 7.10. The van der Waals surface area contributed by atoms with Crippen LogP contribution in [0, 0.1) is 0 Å². The van der Waals surface area contributed by atoms with Gasteiger partial charge in [0, 0.05) is 36.8 Å². The van der Waals surface area contributed by atoms with Crippen molar-refractivity contribution in [3.63, 3.8) is 0 Å². The standard InChI is InChI=1S/C20H22N4O3S/c25-18(10-16-5-2-9-28-16)24-8-3-6-20(14-24)11-17(23-27-20)19(26)22-13-15-4-1-7-21-12-15/h1-2,4-5,7,9,12H,3,6,8,10-11,13-14H2,(H,22,26)/t20-/m0/s1. The van der Waals surface area contributed by atoms with Crippen molar-refractivity contribution >= 4 is 28.9 Å². The summed E-state index contributed by atoms with van der Waals surface area (Å²) in [6, 6.07) is 7.66. The third-order valence-corrected chi connectivity index (χ3v) is 5.95. The summed E-state index contributed by atoms with van der Waals surface area (Å²) in [6.45, 7) is 1.59. The van der Waals surface area contributed by atoms with Gasteiger partial charge in [0.2, 0.25) is 5.91 Å². The molecule has 1 N–H and O–H groups in total. The van der Waals surface area contributed by atoms with Crippen molar-refractivity contribution in [2.75, 3.05) is 13.1 Å². The van der Waals surface area contributed by atoms with E-state index in [9.17, 15) is 9.59 Å². The van der Waals surface area contributed by atoms with Gasteiger partial charge in [0.05, 0.1) is 13.0 Å². The zero-order valence-electron chi connectivity index (χ0n) is 15.5. The molecule has 0 bridgehead atoms. The average Bonchev–Trinajstić information content (AvgIpc) is 3.37. The quantitative estimate of drug-likeness (QED) is 0.836. The van der Waals surface area contributed by atoms with Crippen LogP contribution < -0.4 is 5.32 Å². The Morgan fingerprint density at radius 3 is 3.04 bits per heavy atom. The van der Waals surface area contributed by atoms with Gasteiger partial charge in [-0.05, 0) is 35.9 Å². The molecule has 2 amide bonds. The van der Waals surface area contributed by atoms with Crippen molar-refractivity contribution in [2.24, 2.45) is 5.16 Å². The normalized spacial score (nSPS) is 21.3. The first-order valence-electron chi connectivity index (χ1n) is 9.36. The molecular formula is C20H22N4O3S. The minimum atomic E-state index is -0.579. The van der Waals surface area contributed by atoms with E-state index in [2.05, 4.69) is 15.5 Å². The highest BCUT2D eigenvalue weighted by Gasteiger charge is 2.45. The number of pyridine rings is 1. The zero-order chi connectivity index (χ0) is 19.4. The molecule has 1 fully saturated rings. The molecule has 0 aromatic carbocycles. The number of nitrogens with zero attached hydrogens (tertiary/aromatic N) is 3. The highest BCUT2D eigenvalue weighted by Crippen LogP contribution is 2.33. The number of aromatic nitrogens is 1. The van der Waals surface area contributed by atoms with E-state index in [0.29, 0.717) is 31.6 Å². The average molecular weight is 398 g/mol. The molecule has 1 spiro atoms. The topological polar surface area (TPSA) is 83.9 Å². The van der Waals surface area contributed by atoms with Crippen LogP contribution in [0.25, 0.3) is 0 Å². The molecule has 28 heavy (non-hydrogen) atoms. The largest absolute Gasteiger partial charge is 0.386 e. The van der Waals surface area contributed by atoms with Gasteiger partial charge in [-0.1, -0.05) is 17.3 Å². The van der Waals surface area contributed by atoms with E-state index < -0.39 is 5.60 Å². The van der Waals surface area contributed by atoms with E-state index in [1.54, 1.807) is 23.7 Å². The molecule has 0 aliphatic carbocycles. The smallest absolute Gasteiger partial charge is 0.269 e. The van der Waals surface area contributed by atoms with Crippen molar-refractivity contribution in [3.8, 4) is 0 Å². The number of rotatable bonds is 5. The first kappa shape index (κ1) is 18.6. The molecule has 146 valence electrons. The molecule has 8 heteroatoms. The lowest BCUT2D eigenvalue weighted by molar-refractivity contribution is -0.139. The van der Waals surface area contributed by atoms with Crippen LogP contribution in [0.1, 0.15) is 29.7 Å². The number of amides is 2. The fraction of sp³-hybridized carbons (Fsp3) is 0.400. The molecule has 2 aromatic rings. The Morgan fingerprint density at radius 1 is 1.32 bits per heavy atom. The number of hydrogen-bond acceptors (Lipinski definition) is 6. The summed E-state index contributed by atoms with van der Waals surface area (Å²) in [6.07, 6.45) is 5.88. The van der Waals surface area contributed by atoms with E-state index >= 15 is 0 Å². The van der Waals surface area contributed by atoms with Crippen LogP contribution in [0.15, 0.2) is 47.2 Å². The second-order valence-electron chi connectivity index (χ2n) is 7.21. The Balaban J connectivity index is 1.32. The third-order valence-electron chi connectivity index (χ3n) is 5.07. The second-order valence-corrected chi connectivity index (χ2v) is 8.24. The Labute approximate surface area is 167 Å². The maximum absolute atomic E-state index is 12.6. The predicted molar refractivity (Wildman–Crippen MR) is 106 cm³/mol. The minimum absolute atomic E-state index is 0.0969. The van der Waals surface area contributed by atoms with Crippen LogP contribution in [-0.2, 0) is 27.4 Å². The molecule has 0 saturated carbocycles. The number of thiophene rings is 1. The number of piperidine rings is 1. The van der Waals surface area contributed by atoms with Gasteiger partial charge in [-0.15, -0.1) is 11.3 Å². The summed E-state index contributed by atoms with van der Waals surface area (Å²) in [5.74, 6) is -0.137. The van der Waals surface area contributed by atoms with Crippen LogP contribution in [0.4, 0.5) is 0 Å². The number of carbonyl (C=O) groups is 2. The molecule has 0 unspecified atom stereocenters. The van der Waals surface area contributed by atoms with Gasteiger partial charge in [0.1, 0.15) is 5.71 Å². The van der Waals surface area contributed by atoms with Gasteiger partial charge in [-0.2, -0.15) is 0 Å². The van der Waals surface area contributed by atoms with Gasteiger partial charge >= 0.3 is 0 Å². The molecule has 4 heterocycles. The molecular weight excluding hydrogens is 376 g/mol. The Morgan fingerprint density at radius 2 is 2.25 bits per heavy atom. The van der Waals surface area contributed by atoms with Crippen LogP contribution >= 0.6 is 11.3 Å². The Hall–Kier alpha value is -2.74. The van der Waals surface area contributed by atoms with Gasteiger partial charge < -0.3 is 15.1 Å². The van der Waals surface area contributed by atoms with Crippen LogP contribution in [-0.4, -0.2) is 46.1 Å². The fourth-order valence-corrected chi connectivity index (χ4v) is 4.33. The predicted octanol–water partition coefficient (Wildman–Crippen LogP) is 2.14. The first-order valence-corrected chi connectivity index (χ1v) is 10.2. The lowest BCUT2D eigenvalue weighted by Crippen LogP contribution is -2.51. The monoisotopic (exact) mass is 398 g/mol. The van der Waals surface area contributed by atoms with Crippen molar-refractivity contribution in [1.29, 1.82) is 0 Å². The number of likely N-dealkylation sites (tertiary alicyclic amines) is 1. The summed E-state index contributed by atoms with van der Waals surface area (Å²) in [4.78, 5) is 37.7. The zero-order valence-corrected chi connectivity index (χ0v) is 16.3. The molecule has 2 aliphatic rings. The van der Waals surface area contributed by atoms with Crippen LogP contribution in [0.3, 0.4) is 0 Å². The second kappa shape index (κ2) is 8.10. The molecule has 0 radical (unpaired) electrons. The van der Waals surface area contributed by atoms with E-state index in [-0.39, 0.29) is 11.8 Å². The highest BCUT2D eigenvalue weighted by atomic mass is 32.1. The molecule has 1 atom stereocenters. The SMILES string of the molecule is O=C(NCc1cccnc1)C1=NO[C@@]2(CCCN(C(=O)Cc3cccs3)C2)C1. The Bertz CT molecular complexity index is 869. The van der Waals surface area contributed by atoms with Crippen LogP contribution in [0.5, 0.6) is 0 Å². The van der Waals surface area contributed by atoms with E-state index in [4.69, 9.17) is 4.84 Å². The maximum atomic E-state index is 12.6. The van der Waals surface area contributed by atoms with Crippen molar-refractivity contribution in [1.82, 2.24) is 15.2 Å². The number of nitrogens with one attached hydrogen (secondary N) is 1. The molecule has 1 saturated heterocycles. The number of carbonyl (C=O) groups excluding carboxylic acids is 2. The van der Waals surface area contributed by atoms with Gasteiger partial charge in [0.15, 0.2) is 5.60 Å². The van der Waals surface area contributed by atoms with Gasteiger partial charge in [-0.3, -0.25) is 14.6 Å². The van der Waals surface area contributed by atoms with E-state index in [1.165, 1.54) is 0 Å². The molecule has 4 rings (SSSR count). The lowest BCUT2D eigenvalue weighted by atomic mass is 9.88. The summed E-state index contributed by atoms with van der Waals surface area (Å²) in [5, 5.41) is 8.88. The third kappa shape index (κ3) is 4.22. The van der Waals surface area contributed by atoms with E-state index in [1.807, 2.05) is 34.5 Å². The van der Waals surface area contributed by atoms with Crippen molar-refractivity contribution in [2.45, 2.75) is 37.8 Å².